The molecule has 2 aromatic carbocycles. The molecule has 0 bridgehead atoms. The highest BCUT2D eigenvalue weighted by atomic mass is 19.1. The molecule has 0 heterocycles. The third kappa shape index (κ3) is 3.95. The maximum Gasteiger partial charge on any atom is 0.123 e. The molecule has 104 valence electrons. The Morgan fingerprint density at radius 1 is 1.10 bits per heavy atom. The van der Waals surface area contributed by atoms with Crippen LogP contribution in [0, 0.1) is 5.82 Å². The maximum absolute atomic E-state index is 13.2. The van der Waals surface area contributed by atoms with Crippen molar-refractivity contribution in [2.24, 2.45) is 0 Å². The second-order valence-electron chi connectivity index (χ2n) is 4.92. The van der Waals surface area contributed by atoms with E-state index < -0.39 is 0 Å². The molecular formula is C18H20FN. The quantitative estimate of drug-likeness (QED) is 0.760. The topological polar surface area (TPSA) is 3.24 Å². The van der Waals surface area contributed by atoms with Crippen LogP contribution in [-0.4, -0.2) is 11.9 Å². The molecule has 0 N–H and O–H groups in total. The molecule has 0 saturated carbocycles. The van der Waals surface area contributed by atoms with Gasteiger partial charge in [-0.25, -0.2) is 4.39 Å². The summed E-state index contributed by atoms with van der Waals surface area (Å²) in [5.41, 5.74) is 3.50. The zero-order valence-corrected chi connectivity index (χ0v) is 12.0. The molecule has 0 unspecified atom stereocenters. The normalized spacial score (nSPS) is 11.4. The van der Waals surface area contributed by atoms with Gasteiger partial charge in [0.05, 0.1) is 0 Å². The van der Waals surface area contributed by atoms with Gasteiger partial charge in [-0.2, -0.15) is 0 Å². The minimum absolute atomic E-state index is 0.182. The predicted octanol–water partition coefficient (Wildman–Crippen LogP) is 4.71. The minimum atomic E-state index is -0.182. The Morgan fingerprint density at radius 3 is 2.50 bits per heavy atom. The van der Waals surface area contributed by atoms with Crippen molar-refractivity contribution in [3.8, 4) is 0 Å². The number of rotatable bonds is 5. The number of hydrogen-bond acceptors (Lipinski definition) is 1. The number of hydrogen-bond donors (Lipinski definition) is 0. The van der Waals surface area contributed by atoms with E-state index in [0.29, 0.717) is 6.54 Å². The molecule has 2 heteroatoms. The third-order valence-corrected chi connectivity index (χ3v) is 3.22. The van der Waals surface area contributed by atoms with Gasteiger partial charge in [-0.05, 0) is 35.3 Å². The number of nitrogens with zero attached hydrogens (tertiary/aromatic N) is 1. The van der Waals surface area contributed by atoms with Crippen LogP contribution < -0.4 is 0 Å². The first-order valence-electron chi connectivity index (χ1n) is 6.90. The Kier molecular flexibility index (Phi) is 4.94. The van der Waals surface area contributed by atoms with E-state index in [4.69, 9.17) is 0 Å². The van der Waals surface area contributed by atoms with Crippen molar-refractivity contribution in [2.75, 3.05) is 7.05 Å². The summed E-state index contributed by atoms with van der Waals surface area (Å²) in [5, 5.41) is 0. The molecule has 2 rings (SSSR count). The van der Waals surface area contributed by atoms with Crippen LogP contribution in [0.5, 0.6) is 0 Å². The van der Waals surface area contributed by atoms with Crippen molar-refractivity contribution in [1.82, 2.24) is 4.90 Å². The molecule has 0 fully saturated rings. The van der Waals surface area contributed by atoms with Crippen molar-refractivity contribution in [3.05, 3.63) is 77.7 Å². The van der Waals surface area contributed by atoms with Gasteiger partial charge in [0.25, 0.3) is 0 Å². The SMILES string of the molecule is CC/C(=C/N(C)Cc1cccc(F)c1)c1ccccc1. The van der Waals surface area contributed by atoms with E-state index in [2.05, 4.69) is 30.2 Å². The molecule has 0 aromatic heterocycles. The van der Waals surface area contributed by atoms with Gasteiger partial charge in [0.15, 0.2) is 0 Å². The fourth-order valence-corrected chi connectivity index (χ4v) is 2.26. The summed E-state index contributed by atoms with van der Waals surface area (Å²) in [4.78, 5) is 2.10. The van der Waals surface area contributed by atoms with Gasteiger partial charge in [-0.15, -0.1) is 0 Å². The van der Waals surface area contributed by atoms with Crippen LogP contribution in [0.25, 0.3) is 5.57 Å². The number of benzene rings is 2. The Labute approximate surface area is 120 Å². The van der Waals surface area contributed by atoms with Crippen LogP contribution in [0.15, 0.2) is 60.8 Å². The highest BCUT2D eigenvalue weighted by molar-refractivity contribution is 5.64. The summed E-state index contributed by atoms with van der Waals surface area (Å²) in [6.45, 7) is 2.85. The van der Waals surface area contributed by atoms with E-state index in [9.17, 15) is 4.39 Å². The lowest BCUT2D eigenvalue weighted by atomic mass is 10.0. The first-order valence-corrected chi connectivity index (χ1v) is 6.90. The number of halogens is 1. The van der Waals surface area contributed by atoms with E-state index in [1.165, 1.54) is 17.2 Å². The molecule has 0 aliphatic heterocycles. The van der Waals surface area contributed by atoms with Gasteiger partial charge < -0.3 is 4.90 Å². The van der Waals surface area contributed by atoms with Crippen LogP contribution in [0.1, 0.15) is 24.5 Å². The zero-order valence-electron chi connectivity index (χ0n) is 12.0. The van der Waals surface area contributed by atoms with Crippen LogP contribution in [0.4, 0.5) is 4.39 Å². The summed E-state index contributed by atoms with van der Waals surface area (Å²) in [6.07, 6.45) is 3.11. The van der Waals surface area contributed by atoms with Crippen LogP contribution >= 0.6 is 0 Å². The van der Waals surface area contributed by atoms with Gasteiger partial charge in [0.2, 0.25) is 0 Å². The number of allylic oxidation sites excluding steroid dienone is 1. The lowest BCUT2D eigenvalue weighted by Crippen LogP contribution is -2.11. The van der Waals surface area contributed by atoms with Crippen molar-refractivity contribution >= 4 is 5.57 Å². The van der Waals surface area contributed by atoms with E-state index in [1.54, 1.807) is 12.1 Å². The van der Waals surface area contributed by atoms with Crippen molar-refractivity contribution in [1.29, 1.82) is 0 Å². The Bertz CT molecular complexity index is 575. The fraction of sp³-hybridized carbons (Fsp3) is 0.222. The van der Waals surface area contributed by atoms with Crippen molar-refractivity contribution in [3.63, 3.8) is 0 Å². The Morgan fingerprint density at radius 2 is 1.85 bits per heavy atom. The average Bonchev–Trinajstić information content (AvgIpc) is 2.45. The summed E-state index contributed by atoms with van der Waals surface area (Å²) in [5.74, 6) is -0.182. The molecule has 20 heavy (non-hydrogen) atoms. The molecule has 0 atom stereocenters. The minimum Gasteiger partial charge on any atom is -0.376 e. The van der Waals surface area contributed by atoms with Gasteiger partial charge in [0, 0.05) is 19.8 Å². The second kappa shape index (κ2) is 6.90. The molecule has 1 nitrogen and oxygen atoms in total. The standard InChI is InChI=1S/C18H20FN/c1-3-16(17-9-5-4-6-10-17)14-20(2)13-15-8-7-11-18(19)12-15/h4-12,14H,3,13H2,1-2H3/b16-14-. The van der Waals surface area contributed by atoms with Gasteiger partial charge in [-0.3, -0.25) is 0 Å². The molecule has 0 saturated heterocycles. The van der Waals surface area contributed by atoms with E-state index >= 15 is 0 Å². The molecular weight excluding hydrogens is 249 g/mol. The lowest BCUT2D eigenvalue weighted by molar-refractivity contribution is 0.450. The molecule has 0 amide bonds. The van der Waals surface area contributed by atoms with Crippen LogP contribution in [0.3, 0.4) is 0 Å². The summed E-state index contributed by atoms with van der Waals surface area (Å²) in [6, 6.07) is 17.1. The second-order valence-corrected chi connectivity index (χ2v) is 4.92. The van der Waals surface area contributed by atoms with E-state index in [1.807, 2.05) is 31.3 Å². The highest BCUT2D eigenvalue weighted by Crippen LogP contribution is 2.18. The fourth-order valence-electron chi connectivity index (χ4n) is 2.26. The Balaban J connectivity index is 2.12. The zero-order chi connectivity index (χ0) is 14.4. The largest absolute Gasteiger partial charge is 0.376 e. The first-order chi connectivity index (χ1) is 9.69. The average molecular weight is 269 g/mol. The van der Waals surface area contributed by atoms with Crippen molar-refractivity contribution in [2.45, 2.75) is 19.9 Å². The third-order valence-electron chi connectivity index (χ3n) is 3.22. The maximum atomic E-state index is 13.2. The van der Waals surface area contributed by atoms with Gasteiger partial charge in [-0.1, -0.05) is 49.4 Å². The van der Waals surface area contributed by atoms with Gasteiger partial charge in [0.1, 0.15) is 5.82 Å². The lowest BCUT2D eigenvalue weighted by Gasteiger charge is -2.17. The van der Waals surface area contributed by atoms with Crippen LogP contribution in [0.2, 0.25) is 0 Å². The Hall–Kier alpha value is -2.09. The summed E-state index contributed by atoms with van der Waals surface area (Å²) in [7, 11) is 2.02. The molecule has 0 aliphatic carbocycles. The van der Waals surface area contributed by atoms with E-state index in [-0.39, 0.29) is 5.82 Å². The van der Waals surface area contributed by atoms with Crippen LogP contribution in [-0.2, 0) is 6.54 Å². The van der Waals surface area contributed by atoms with Crippen molar-refractivity contribution < 1.29 is 4.39 Å². The smallest absolute Gasteiger partial charge is 0.123 e. The monoisotopic (exact) mass is 269 g/mol. The molecule has 2 aromatic rings. The molecule has 0 radical (unpaired) electrons. The summed E-state index contributed by atoms with van der Waals surface area (Å²) >= 11 is 0. The first kappa shape index (κ1) is 14.3. The summed E-state index contributed by atoms with van der Waals surface area (Å²) < 4.78 is 13.2. The van der Waals surface area contributed by atoms with E-state index in [0.717, 1.165) is 12.0 Å². The highest BCUT2D eigenvalue weighted by Gasteiger charge is 2.02. The predicted molar refractivity (Wildman–Crippen MR) is 82.6 cm³/mol. The van der Waals surface area contributed by atoms with Gasteiger partial charge >= 0.3 is 0 Å². The molecule has 0 spiro atoms. The molecule has 0 aliphatic rings.